The minimum Gasteiger partial charge on any atom is -0.508 e. The summed E-state index contributed by atoms with van der Waals surface area (Å²) in [5, 5.41) is 45.5. The largest absolute Gasteiger partial charge is 0.508 e. The molecule has 14 heteroatoms. The van der Waals surface area contributed by atoms with Crippen LogP contribution in [-0.4, -0.2) is 91.6 Å². The lowest BCUT2D eigenvalue weighted by Crippen LogP contribution is -2.58. The van der Waals surface area contributed by atoms with Gasteiger partial charge in [0.15, 0.2) is 0 Å². The van der Waals surface area contributed by atoms with Gasteiger partial charge in [-0.3, -0.25) is 24.0 Å². The van der Waals surface area contributed by atoms with Gasteiger partial charge in [-0.25, -0.2) is 4.79 Å². The summed E-state index contributed by atoms with van der Waals surface area (Å²) < 4.78 is 0. The van der Waals surface area contributed by atoms with E-state index in [4.69, 9.17) is 0 Å². The van der Waals surface area contributed by atoms with Crippen LogP contribution in [0.25, 0.3) is 0 Å². The summed E-state index contributed by atoms with van der Waals surface area (Å²) in [5.74, 6) is -7.07. The zero-order valence-corrected chi connectivity index (χ0v) is 22.5. The van der Waals surface area contributed by atoms with Crippen molar-refractivity contribution in [3.8, 4) is 11.5 Å². The first kappa shape index (κ1) is 31.9. The maximum atomic E-state index is 13.4. The van der Waals surface area contributed by atoms with Gasteiger partial charge < -0.3 is 41.3 Å². The minimum absolute atomic E-state index is 0.0808. The highest BCUT2D eigenvalue weighted by atomic mass is 16.4. The third kappa shape index (κ3) is 8.07. The molecule has 0 bridgehead atoms. The molecule has 1 aromatic rings. The zero-order chi connectivity index (χ0) is 30.1. The fourth-order valence-corrected chi connectivity index (χ4v) is 4.37. The number of amides is 4. The molecule has 0 spiro atoms. The molecule has 14 nitrogen and oxygen atoms in total. The summed E-state index contributed by atoms with van der Waals surface area (Å²) in [6, 6.07) is -1.77. The Balaban J connectivity index is 2.24. The monoisotopic (exact) mass is 564 g/mol. The van der Waals surface area contributed by atoms with E-state index in [1.165, 1.54) is 0 Å². The first-order chi connectivity index (χ1) is 18.8. The molecule has 220 valence electrons. The van der Waals surface area contributed by atoms with Crippen molar-refractivity contribution in [2.24, 2.45) is 5.92 Å². The highest BCUT2D eigenvalue weighted by molar-refractivity contribution is 6.01. The number of carbonyl (C=O) groups is 6. The molecule has 1 saturated heterocycles. The summed E-state index contributed by atoms with van der Waals surface area (Å²) in [6.45, 7) is 5.17. The average molecular weight is 565 g/mol. The topological polar surface area (TPSA) is 223 Å². The number of carbonyl (C=O) groups excluding carboxylic acids is 4. The van der Waals surface area contributed by atoms with Crippen molar-refractivity contribution < 1.29 is 49.2 Å². The second-order valence-electron chi connectivity index (χ2n) is 9.69. The van der Waals surface area contributed by atoms with E-state index in [1.807, 2.05) is 0 Å². The molecule has 1 heterocycles. The lowest BCUT2D eigenvalue weighted by Gasteiger charge is -2.31. The molecule has 0 aliphatic carbocycles. The van der Waals surface area contributed by atoms with Crippen molar-refractivity contribution in [3.05, 3.63) is 23.8 Å². The Morgan fingerprint density at radius 1 is 0.975 bits per heavy atom. The molecule has 5 atom stereocenters. The fraction of sp³-hybridized carbons (Fsp3) is 0.538. The maximum absolute atomic E-state index is 13.4. The summed E-state index contributed by atoms with van der Waals surface area (Å²) in [7, 11) is 0. The van der Waals surface area contributed by atoms with Gasteiger partial charge in [0, 0.05) is 6.54 Å². The van der Waals surface area contributed by atoms with Crippen molar-refractivity contribution in [2.75, 3.05) is 6.54 Å². The van der Waals surface area contributed by atoms with Crippen molar-refractivity contribution in [1.29, 1.82) is 0 Å². The highest BCUT2D eigenvalue weighted by Crippen LogP contribution is 2.24. The van der Waals surface area contributed by atoms with Gasteiger partial charge in [0.05, 0.1) is 12.0 Å². The number of hydrogen-bond donors (Lipinski definition) is 7. The molecule has 0 aromatic heterocycles. The van der Waals surface area contributed by atoms with Gasteiger partial charge >= 0.3 is 11.9 Å². The van der Waals surface area contributed by atoms with E-state index in [9.17, 15) is 49.2 Å². The van der Waals surface area contributed by atoms with Gasteiger partial charge in [-0.1, -0.05) is 27.2 Å². The number of aliphatic carboxylic acids is 2. The van der Waals surface area contributed by atoms with Crippen LogP contribution in [-0.2, 0) is 24.0 Å². The Hall–Kier alpha value is -4.36. The lowest BCUT2D eigenvalue weighted by molar-refractivity contribution is -0.145. The molecule has 1 aliphatic heterocycles. The van der Waals surface area contributed by atoms with Crippen LogP contribution in [0.15, 0.2) is 18.2 Å². The van der Waals surface area contributed by atoms with Crippen LogP contribution in [0.1, 0.15) is 63.2 Å². The molecule has 1 aromatic carbocycles. The first-order valence-electron chi connectivity index (χ1n) is 13.0. The van der Waals surface area contributed by atoms with E-state index in [-0.39, 0.29) is 36.6 Å². The normalized spacial score (nSPS) is 17.7. The molecule has 0 unspecified atom stereocenters. The molecule has 40 heavy (non-hydrogen) atoms. The van der Waals surface area contributed by atoms with Gasteiger partial charge in [0.25, 0.3) is 5.91 Å². The maximum Gasteiger partial charge on any atom is 0.326 e. The molecule has 4 amide bonds. The van der Waals surface area contributed by atoms with Gasteiger partial charge in [-0.2, -0.15) is 0 Å². The van der Waals surface area contributed by atoms with Gasteiger partial charge in [0.2, 0.25) is 17.7 Å². The number of phenols is 2. The van der Waals surface area contributed by atoms with E-state index in [0.717, 1.165) is 23.1 Å². The third-order valence-electron chi connectivity index (χ3n) is 6.86. The standard InChI is InChI=1S/C26H36N4O10/c1-4-13(3)21(24(37)27-16(5-2)26(39)40)29-23(36)18-7-6-10-30(18)25(38)17(12-20(33)34)28-22(35)15-11-14(31)8-9-19(15)32/h8-9,11,13,16-18,21,31-32H,4-7,10,12H2,1-3H3,(H,27,37)(H,28,35)(H,29,36)(H,33,34)(H,39,40)/t13-,16-,17-,18-,21-/m0/s1. The van der Waals surface area contributed by atoms with E-state index in [2.05, 4.69) is 16.0 Å². The van der Waals surface area contributed by atoms with Crippen LogP contribution in [0.3, 0.4) is 0 Å². The van der Waals surface area contributed by atoms with Crippen LogP contribution in [0, 0.1) is 5.92 Å². The predicted octanol–water partition coefficient (Wildman–Crippen LogP) is 0.172. The van der Waals surface area contributed by atoms with E-state index >= 15 is 0 Å². The second kappa shape index (κ2) is 14.1. The smallest absolute Gasteiger partial charge is 0.326 e. The average Bonchev–Trinajstić information content (AvgIpc) is 3.39. The van der Waals surface area contributed by atoms with Crippen molar-refractivity contribution in [2.45, 2.75) is 77.0 Å². The SMILES string of the molecule is CC[C@H](NC(=O)[C@@H](NC(=O)[C@@H]1CCCN1C(=O)[C@H](CC(=O)O)NC(=O)c1cc(O)ccc1O)[C@@H](C)CC)C(=O)O. The first-order valence-corrected chi connectivity index (χ1v) is 13.0. The number of likely N-dealkylation sites (tertiary alicyclic amines) is 1. The number of benzene rings is 1. The Morgan fingerprint density at radius 3 is 2.23 bits per heavy atom. The lowest BCUT2D eigenvalue weighted by atomic mass is 9.97. The number of hydrogen-bond acceptors (Lipinski definition) is 8. The minimum atomic E-state index is -1.60. The van der Waals surface area contributed by atoms with Gasteiger partial charge in [-0.05, 0) is 43.4 Å². The van der Waals surface area contributed by atoms with Crippen molar-refractivity contribution in [1.82, 2.24) is 20.9 Å². The summed E-state index contributed by atoms with van der Waals surface area (Å²) in [4.78, 5) is 76.3. The third-order valence-corrected chi connectivity index (χ3v) is 6.86. The Bertz CT molecular complexity index is 1140. The van der Waals surface area contributed by atoms with Crippen LogP contribution >= 0.6 is 0 Å². The number of carboxylic acid groups (broad SMARTS) is 2. The molecule has 1 aliphatic rings. The van der Waals surface area contributed by atoms with Crippen molar-refractivity contribution in [3.63, 3.8) is 0 Å². The second-order valence-corrected chi connectivity index (χ2v) is 9.69. The van der Waals surface area contributed by atoms with Gasteiger partial charge in [0.1, 0.15) is 35.7 Å². The quantitative estimate of drug-likeness (QED) is 0.161. The summed E-state index contributed by atoms with van der Waals surface area (Å²) in [6.07, 6.45) is 0.386. The zero-order valence-electron chi connectivity index (χ0n) is 22.5. The van der Waals surface area contributed by atoms with Crippen molar-refractivity contribution >= 4 is 35.6 Å². The number of phenolic OH excluding ortho intramolecular Hbond substituents is 2. The number of aromatic hydroxyl groups is 2. The van der Waals surface area contributed by atoms with Crippen LogP contribution in [0.2, 0.25) is 0 Å². The highest BCUT2D eigenvalue weighted by Gasteiger charge is 2.40. The number of rotatable bonds is 13. The Labute approximate surface area is 230 Å². The predicted molar refractivity (Wildman–Crippen MR) is 139 cm³/mol. The molecule has 7 N–H and O–H groups in total. The van der Waals surface area contributed by atoms with E-state index in [1.54, 1.807) is 20.8 Å². The fourth-order valence-electron chi connectivity index (χ4n) is 4.37. The summed E-state index contributed by atoms with van der Waals surface area (Å²) >= 11 is 0. The van der Waals surface area contributed by atoms with Crippen LogP contribution in [0.5, 0.6) is 11.5 Å². The molecule has 0 radical (unpaired) electrons. The molecule has 0 saturated carbocycles. The van der Waals surface area contributed by atoms with E-state index < -0.39 is 71.9 Å². The summed E-state index contributed by atoms with van der Waals surface area (Å²) in [5.41, 5.74) is -0.381. The molecular weight excluding hydrogens is 528 g/mol. The van der Waals surface area contributed by atoms with E-state index in [0.29, 0.717) is 12.8 Å². The molecular formula is C26H36N4O10. The van der Waals surface area contributed by atoms with Crippen LogP contribution < -0.4 is 16.0 Å². The van der Waals surface area contributed by atoms with Crippen LogP contribution in [0.4, 0.5) is 0 Å². The number of nitrogens with zero attached hydrogens (tertiary/aromatic N) is 1. The van der Waals surface area contributed by atoms with Gasteiger partial charge in [-0.15, -0.1) is 0 Å². The Morgan fingerprint density at radius 2 is 1.65 bits per heavy atom. The number of nitrogens with one attached hydrogen (secondary N) is 3. The Kier molecular flexibility index (Phi) is 11.3. The molecule has 2 rings (SSSR count). The number of carboxylic acids is 2. The molecule has 1 fully saturated rings.